The van der Waals surface area contributed by atoms with Gasteiger partial charge in [0.1, 0.15) is 0 Å². The number of benzene rings is 1. The lowest BCUT2D eigenvalue weighted by Gasteiger charge is -2.01. The van der Waals surface area contributed by atoms with Gasteiger partial charge in [-0.2, -0.15) is 4.72 Å². The van der Waals surface area contributed by atoms with Gasteiger partial charge in [-0.25, -0.2) is 4.99 Å². The fourth-order valence-corrected chi connectivity index (χ4v) is 1.75. The molecule has 1 heterocycles. The van der Waals surface area contributed by atoms with Crippen molar-refractivity contribution in [3.8, 4) is 0 Å². The molecule has 62 valence electrons. The molecule has 1 atom stereocenters. The van der Waals surface area contributed by atoms with Crippen LogP contribution >= 0.6 is 0 Å². The van der Waals surface area contributed by atoms with Gasteiger partial charge >= 0.3 is 0 Å². The molecule has 1 aliphatic rings. The smallest absolute Gasteiger partial charge is 0.222 e. The topological polar surface area (TPSA) is 47.5 Å². The quantitative estimate of drug-likeness (QED) is 0.645. The minimum absolute atomic E-state index is 0.365. The van der Waals surface area contributed by atoms with Crippen LogP contribution < -0.4 is 4.72 Å². The molecule has 0 aromatic heterocycles. The van der Waals surface area contributed by atoms with Crippen LogP contribution in [0.1, 0.15) is 5.56 Å². The highest BCUT2D eigenvalue weighted by Gasteiger charge is 2.18. The summed E-state index contributed by atoms with van der Waals surface area (Å²) >= 11 is -1.01. The molecule has 4 heteroatoms. The first kappa shape index (κ1) is 7.64. The first-order chi connectivity index (χ1) is 5.86. The van der Waals surface area contributed by atoms with E-state index in [0.29, 0.717) is 5.88 Å². The minimum atomic E-state index is -1.01. The van der Waals surface area contributed by atoms with Crippen molar-refractivity contribution in [1.29, 1.82) is 0 Å². The Balaban J connectivity index is 2.22. The first-order valence-electron chi connectivity index (χ1n) is 3.61. The Hall–Kier alpha value is -1.00. The Kier molecular flexibility index (Phi) is 2.01. The summed E-state index contributed by atoms with van der Waals surface area (Å²) in [6.07, 6.45) is 0. The van der Waals surface area contributed by atoms with Crippen LogP contribution in [0.5, 0.6) is 0 Å². The van der Waals surface area contributed by atoms with Gasteiger partial charge < -0.3 is 4.55 Å². The zero-order valence-corrected chi connectivity index (χ0v) is 7.17. The molecule has 0 bridgehead atoms. The summed E-state index contributed by atoms with van der Waals surface area (Å²) in [5, 5.41) is 0. The third-order valence-electron chi connectivity index (χ3n) is 1.60. The molecule has 1 N–H and O–H groups in total. The summed E-state index contributed by atoms with van der Waals surface area (Å²) < 4.78 is 13.7. The third kappa shape index (κ3) is 1.44. The molecule has 1 unspecified atom stereocenters. The molecule has 1 aliphatic heterocycles. The van der Waals surface area contributed by atoms with Gasteiger partial charge in [-0.3, -0.25) is 0 Å². The molecule has 2 rings (SSSR count). The van der Waals surface area contributed by atoms with Gasteiger partial charge in [-0.15, -0.1) is 0 Å². The Bertz CT molecular complexity index is 299. The van der Waals surface area contributed by atoms with E-state index in [9.17, 15) is 4.55 Å². The molecule has 1 aromatic rings. The maximum atomic E-state index is 10.9. The lowest BCUT2D eigenvalue weighted by Crippen LogP contribution is -2.25. The lowest BCUT2D eigenvalue weighted by atomic mass is 10.2. The zero-order chi connectivity index (χ0) is 8.39. The van der Waals surface area contributed by atoms with Gasteiger partial charge in [0.15, 0.2) is 5.84 Å². The number of hydrogen-bond acceptors (Lipinski definition) is 3. The number of amidine groups is 1. The SMILES string of the molecule is [O-][S+]1CN=C(c2ccccc2)N1. The van der Waals surface area contributed by atoms with Crippen LogP contribution in [0.4, 0.5) is 0 Å². The van der Waals surface area contributed by atoms with Crippen LogP contribution in [0.3, 0.4) is 0 Å². The molecule has 12 heavy (non-hydrogen) atoms. The number of nitrogens with zero attached hydrogens (tertiary/aromatic N) is 1. The highest BCUT2D eigenvalue weighted by molar-refractivity contribution is 7.90. The summed E-state index contributed by atoms with van der Waals surface area (Å²) in [6.45, 7) is 0. The molecular formula is C8H8N2OS. The van der Waals surface area contributed by atoms with E-state index in [1.54, 1.807) is 0 Å². The van der Waals surface area contributed by atoms with Crippen molar-refractivity contribution in [1.82, 2.24) is 4.72 Å². The summed E-state index contributed by atoms with van der Waals surface area (Å²) in [5.74, 6) is 1.10. The molecule has 0 saturated carbocycles. The predicted molar refractivity (Wildman–Crippen MR) is 49.1 cm³/mol. The Morgan fingerprint density at radius 2 is 2.08 bits per heavy atom. The van der Waals surface area contributed by atoms with Crippen molar-refractivity contribution in [2.24, 2.45) is 4.99 Å². The average molecular weight is 180 g/mol. The lowest BCUT2D eigenvalue weighted by molar-refractivity contribution is 0.595. The van der Waals surface area contributed by atoms with Crippen molar-refractivity contribution in [3.05, 3.63) is 35.9 Å². The van der Waals surface area contributed by atoms with Crippen molar-refractivity contribution < 1.29 is 4.55 Å². The number of hydrogen-bond donors (Lipinski definition) is 1. The molecule has 0 spiro atoms. The zero-order valence-electron chi connectivity index (χ0n) is 6.36. The van der Waals surface area contributed by atoms with E-state index in [-0.39, 0.29) is 0 Å². The van der Waals surface area contributed by atoms with Crippen molar-refractivity contribution in [2.45, 2.75) is 0 Å². The van der Waals surface area contributed by atoms with Crippen molar-refractivity contribution in [2.75, 3.05) is 5.88 Å². The van der Waals surface area contributed by atoms with Crippen molar-refractivity contribution in [3.63, 3.8) is 0 Å². The van der Waals surface area contributed by atoms with Crippen LogP contribution in [0.2, 0.25) is 0 Å². The van der Waals surface area contributed by atoms with Crippen LogP contribution in [0.25, 0.3) is 0 Å². The number of nitrogens with one attached hydrogen (secondary N) is 1. The third-order valence-corrected chi connectivity index (χ3v) is 2.38. The second-order valence-corrected chi connectivity index (χ2v) is 3.60. The molecule has 0 aliphatic carbocycles. The van der Waals surface area contributed by atoms with E-state index in [1.165, 1.54) is 0 Å². The van der Waals surface area contributed by atoms with Gasteiger partial charge in [-0.1, -0.05) is 30.3 Å². The van der Waals surface area contributed by atoms with E-state index >= 15 is 0 Å². The van der Waals surface area contributed by atoms with Crippen LogP contribution in [-0.4, -0.2) is 16.3 Å². The van der Waals surface area contributed by atoms with E-state index in [0.717, 1.165) is 11.4 Å². The Labute approximate surface area is 73.8 Å². The van der Waals surface area contributed by atoms with Crippen molar-refractivity contribution >= 4 is 17.2 Å². The van der Waals surface area contributed by atoms with E-state index in [1.807, 2.05) is 30.3 Å². The van der Waals surface area contributed by atoms with Crippen LogP contribution in [0.15, 0.2) is 35.3 Å². The average Bonchev–Trinajstić information content (AvgIpc) is 2.54. The van der Waals surface area contributed by atoms with Gasteiger partial charge in [0.25, 0.3) is 0 Å². The summed E-state index contributed by atoms with van der Waals surface area (Å²) in [7, 11) is 0. The normalized spacial score (nSPS) is 21.8. The standard InChI is InChI=1S/C8H8N2OS/c11-12-6-9-8(10-12)7-4-2-1-3-5-7/h1-5H,6H2,(H,9,10). The Morgan fingerprint density at radius 3 is 2.67 bits per heavy atom. The number of rotatable bonds is 1. The summed E-state index contributed by atoms with van der Waals surface area (Å²) in [4.78, 5) is 4.09. The van der Waals surface area contributed by atoms with Crippen LogP contribution in [-0.2, 0) is 11.4 Å². The monoisotopic (exact) mass is 180 g/mol. The second kappa shape index (κ2) is 3.16. The molecular weight excluding hydrogens is 172 g/mol. The Morgan fingerprint density at radius 1 is 1.33 bits per heavy atom. The van der Waals surface area contributed by atoms with E-state index < -0.39 is 11.4 Å². The predicted octanol–water partition coefficient (Wildman–Crippen LogP) is 0.658. The van der Waals surface area contributed by atoms with Gasteiger partial charge in [0, 0.05) is 5.56 Å². The maximum absolute atomic E-state index is 10.9. The largest absolute Gasteiger partial charge is 0.591 e. The second-order valence-electron chi connectivity index (χ2n) is 2.45. The highest BCUT2D eigenvalue weighted by Crippen LogP contribution is 2.05. The first-order valence-corrected chi connectivity index (χ1v) is 4.93. The number of aliphatic imine (C=N–C) groups is 1. The van der Waals surface area contributed by atoms with Gasteiger partial charge in [-0.05, 0) is 0 Å². The molecule has 0 radical (unpaired) electrons. The highest BCUT2D eigenvalue weighted by atomic mass is 32.2. The van der Waals surface area contributed by atoms with Crippen LogP contribution in [0, 0.1) is 0 Å². The van der Waals surface area contributed by atoms with E-state index in [4.69, 9.17) is 0 Å². The fourth-order valence-electron chi connectivity index (χ4n) is 1.04. The maximum Gasteiger partial charge on any atom is 0.222 e. The molecule has 0 fully saturated rings. The minimum Gasteiger partial charge on any atom is -0.591 e. The molecule has 0 amide bonds. The van der Waals surface area contributed by atoms with E-state index in [2.05, 4.69) is 9.71 Å². The fraction of sp³-hybridized carbons (Fsp3) is 0.125. The molecule has 1 aromatic carbocycles. The summed E-state index contributed by atoms with van der Waals surface area (Å²) in [5.41, 5.74) is 0.989. The molecule has 3 nitrogen and oxygen atoms in total. The van der Waals surface area contributed by atoms with Gasteiger partial charge in [0.05, 0.1) is 11.4 Å². The summed E-state index contributed by atoms with van der Waals surface area (Å²) in [6, 6.07) is 9.68. The molecule has 0 saturated heterocycles. The van der Waals surface area contributed by atoms with Gasteiger partial charge in [0.2, 0.25) is 5.88 Å².